The molecule has 0 radical (unpaired) electrons. The van der Waals surface area contributed by atoms with Gasteiger partial charge in [0.15, 0.2) is 5.65 Å². The Morgan fingerprint density at radius 1 is 1.00 bits per heavy atom. The molecular weight excluding hydrogens is 388 g/mol. The van der Waals surface area contributed by atoms with Crippen molar-refractivity contribution in [3.63, 3.8) is 0 Å². The molecule has 0 aliphatic heterocycles. The predicted molar refractivity (Wildman–Crippen MR) is 109 cm³/mol. The predicted octanol–water partition coefficient (Wildman–Crippen LogP) is 3.67. The van der Waals surface area contributed by atoms with Crippen LogP contribution in [0.2, 0.25) is 0 Å². The van der Waals surface area contributed by atoms with E-state index in [-0.39, 0.29) is 12.1 Å². The SMILES string of the molecule is Cn1cc2cc(-c3cc(F)c(Cn4cnc5ncccc5c4=O)c(F)c3)ccc2n1. The first-order chi connectivity index (χ1) is 14.5. The minimum Gasteiger partial charge on any atom is -0.294 e. The van der Waals surface area contributed by atoms with Gasteiger partial charge < -0.3 is 0 Å². The Labute approximate surface area is 169 Å². The van der Waals surface area contributed by atoms with Gasteiger partial charge in [-0.2, -0.15) is 5.10 Å². The summed E-state index contributed by atoms with van der Waals surface area (Å²) in [5.74, 6) is -1.45. The number of aromatic nitrogens is 5. The van der Waals surface area contributed by atoms with E-state index in [0.717, 1.165) is 10.9 Å². The highest BCUT2D eigenvalue weighted by Gasteiger charge is 2.15. The van der Waals surface area contributed by atoms with Crippen molar-refractivity contribution >= 4 is 21.9 Å². The lowest BCUT2D eigenvalue weighted by Crippen LogP contribution is -2.22. The summed E-state index contributed by atoms with van der Waals surface area (Å²) in [5.41, 5.74) is 1.58. The van der Waals surface area contributed by atoms with Crippen LogP contribution in [-0.4, -0.2) is 24.3 Å². The summed E-state index contributed by atoms with van der Waals surface area (Å²) >= 11 is 0. The lowest BCUT2D eigenvalue weighted by molar-refractivity contribution is 0.541. The van der Waals surface area contributed by atoms with Crippen LogP contribution in [0.3, 0.4) is 0 Å². The molecule has 5 aromatic rings. The van der Waals surface area contributed by atoms with Gasteiger partial charge in [-0.3, -0.25) is 14.0 Å². The molecule has 0 aliphatic rings. The van der Waals surface area contributed by atoms with E-state index in [9.17, 15) is 13.6 Å². The highest BCUT2D eigenvalue weighted by Crippen LogP contribution is 2.27. The Bertz CT molecular complexity index is 1470. The van der Waals surface area contributed by atoms with Crippen LogP contribution in [-0.2, 0) is 13.6 Å². The van der Waals surface area contributed by atoms with Crippen LogP contribution in [0, 0.1) is 11.6 Å². The molecule has 6 nitrogen and oxygen atoms in total. The van der Waals surface area contributed by atoms with Crippen LogP contribution in [0.5, 0.6) is 0 Å². The largest absolute Gasteiger partial charge is 0.294 e. The normalized spacial score (nSPS) is 11.4. The fraction of sp³-hybridized carbons (Fsp3) is 0.0909. The van der Waals surface area contributed by atoms with Crippen LogP contribution < -0.4 is 5.56 Å². The third kappa shape index (κ3) is 3.02. The van der Waals surface area contributed by atoms with Crippen molar-refractivity contribution in [3.05, 3.63) is 88.7 Å². The van der Waals surface area contributed by atoms with E-state index >= 15 is 0 Å². The average molecular weight is 403 g/mol. The van der Waals surface area contributed by atoms with Gasteiger partial charge in [0.2, 0.25) is 0 Å². The Balaban J connectivity index is 1.54. The van der Waals surface area contributed by atoms with E-state index < -0.39 is 17.2 Å². The molecule has 2 aromatic carbocycles. The molecule has 3 aromatic heterocycles. The summed E-state index contributed by atoms with van der Waals surface area (Å²) in [6, 6.07) is 11.2. The molecule has 8 heteroatoms. The van der Waals surface area contributed by atoms with E-state index in [1.165, 1.54) is 29.2 Å². The van der Waals surface area contributed by atoms with Gasteiger partial charge in [-0.1, -0.05) is 6.07 Å². The number of pyridine rings is 1. The quantitative estimate of drug-likeness (QED) is 0.461. The molecule has 3 heterocycles. The second-order valence-electron chi connectivity index (χ2n) is 7.05. The molecule has 148 valence electrons. The number of benzene rings is 2. The Hall–Kier alpha value is -3.94. The molecule has 0 atom stereocenters. The van der Waals surface area contributed by atoms with E-state index in [1.807, 2.05) is 25.4 Å². The molecule has 0 aliphatic carbocycles. The number of rotatable bonds is 3. The van der Waals surface area contributed by atoms with Gasteiger partial charge in [0.1, 0.15) is 18.0 Å². The molecule has 0 bridgehead atoms. The average Bonchev–Trinajstić information content (AvgIpc) is 3.11. The monoisotopic (exact) mass is 403 g/mol. The van der Waals surface area contributed by atoms with E-state index in [4.69, 9.17) is 0 Å². The van der Waals surface area contributed by atoms with Crippen LogP contribution in [0.15, 0.2) is 66.0 Å². The van der Waals surface area contributed by atoms with Crippen molar-refractivity contribution in [3.8, 4) is 11.1 Å². The van der Waals surface area contributed by atoms with Crippen molar-refractivity contribution < 1.29 is 8.78 Å². The summed E-state index contributed by atoms with van der Waals surface area (Å²) in [7, 11) is 1.81. The molecule has 0 amide bonds. The Morgan fingerprint density at radius 3 is 2.60 bits per heavy atom. The van der Waals surface area contributed by atoms with Crippen LogP contribution >= 0.6 is 0 Å². The van der Waals surface area contributed by atoms with E-state index in [1.54, 1.807) is 22.9 Å². The lowest BCUT2D eigenvalue weighted by Gasteiger charge is -2.11. The molecule has 0 saturated heterocycles. The maximum Gasteiger partial charge on any atom is 0.263 e. The molecule has 0 spiro atoms. The summed E-state index contributed by atoms with van der Waals surface area (Å²) in [4.78, 5) is 20.7. The zero-order valence-electron chi connectivity index (χ0n) is 15.9. The minimum atomic E-state index is -0.727. The fourth-order valence-electron chi connectivity index (χ4n) is 3.53. The fourth-order valence-corrected chi connectivity index (χ4v) is 3.53. The molecule has 0 saturated carbocycles. The third-order valence-corrected chi connectivity index (χ3v) is 5.02. The van der Waals surface area contributed by atoms with Crippen LogP contribution in [0.4, 0.5) is 8.78 Å². The molecule has 0 fully saturated rings. The van der Waals surface area contributed by atoms with Crippen molar-refractivity contribution in [2.24, 2.45) is 7.05 Å². The first-order valence-corrected chi connectivity index (χ1v) is 9.21. The van der Waals surface area contributed by atoms with E-state index in [0.29, 0.717) is 22.2 Å². The lowest BCUT2D eigenvalue weighted by atomic mass is 10.0. The van der Waals surface area contributed by atoms with E-state index in [2.05, 4.69) is 15.1 Å². The summed E-state index contributed by atoms with van der Waals surface area (Å²) in [6.45, 7) is -0.268. The standard InChI is InChI=1S/C22H15F2N5O/c1-28-10-15-7-13(4-5-20(15)27-28)14-8-18(23)17(19(24)9-14)11-29-12-26-21-16(22(29)30)3-2-6-25-21/h2-10,12H,11H2,1H3. The minimum absolute atomic E-state index is 0.201. The highest BCUT2D eigenvalue weighted by atomic mass is 19.1. The smallest absolute Gasteiger partial charge is 0.263 e. The van der Waals surface area contributed by atoms with Gasteiger partial charge in [-0.25, -0.2) is 18.7 Å². The third-order valence-electron chi connectivity index (χ3n) is 5.02. The maximum atomic E-state index is 14.8. The number of aryl methyl sites for hydroxylation is 1. The second kappa shape index (κ2) is 6.84. The molecule has 30 heavy (non-hydrogen) atoms. The topological polar surface area (TPSA) is 65.6 Å². The van der Waals surface area contributed by atoms with Gasteiger partial charge in [-0.05, 0) is 47.5 Å². The van der Waals surface area contributed by atoms with Gasteiger partial charge in [-0.15, -0.1) is 0 Å². The van der Waals surface area contributed by atoms with Crippen molar-refractivity contribution in [2.45, 2.75) is 6.54 Å². The van der Waals surface area contributed by atoms with Crippen LogP contribution in [0.25, 0.3) is 33.1 Å². The molecule has 0 unspecified atom stereocenters. The first kappa shape index (κ1) is 18.1. The number of hydrogen-bond donors (Lipinski definition) is 0. The molecular formula is C22H15F2N5O. The summed E-state index contributed by atoms with van der Waals surface area (Å²) in [5, 5.41) is 5.47. The number of fused-ring (bicyclic) bond motifs is 2. The number of nitrogens with zero attached hydrogens (tertiary/aromatic N) is 5. The highest BCUT2D eigenvalue weighted by molar-refractivity contribution is 5.84. The zero-order valence-corrected chi connectivity index (χ0v) is 15.9. The van der Waals surface area contributed by atoms with Gasteiger partial charge in [0, 0.05) is 30.4 Å². The van der Waals surface area contributed by atoms with Gasteiger partial charge in [0.05, 0.1) is 17.4 Å². The summed E-state index contributed by atoms with van der Waals surface area (Å²) < 4.78 is 32.5. The zero-order chi connectivity index (χ0) is 20.8. The summed E-state index contributed by atoms with van der Waals surface area (Å²) in [6.07, 6.45) is 4.62. The first-order valence-electron chi connectivity index (χ1n) is 9.21. The van der Waals surface area contributed by atoms with Crippen molar-refractivity contribution in [2.75, 3.05) is 0 Å². The number of halogens is 2. The Morgan fingerprint density at radius 2 is 1.80 bits per heavy atom. The van der Waals surface area contributed by atoms with Gasteiger partial charge >= 0.3 is 0 Å². The van der Waals surface area contributed by atoms with Crippen molar-refractivity contribution in [1.29, 1.82) is 0 Å². The molecule has 5 rings (SSSR count). The van der Waals surface area contributed by atoms with Crippen molar-refractivity contribution in [1.82, 2.24) is 24.3 Å². The Kier molecular flexibility index (Phi) is 4.13. The van der Waals surface area contributed by atoms with Gasteiger partial charge in [0.25, 0.3) is 5.56 Å². The number of hydrogen-bond acceptors (Lipinski definition) is 4. The molecule has 0 N–H and O–H groups in total. The maximum absolute atomic E-state index is 14.8. The van der Waals surface area contributed by atoms with Crippen LogP contribution in [0.1, 0.15) is 5.56 Å². The second-order valence-corrected chi connectivity index (χ2v) is 7.05.